The van der Waals surface area contributed by atoms with Crippen LogP contribution in [0, 0.1) is 11.3 Å². The highest BCUT2D eigenvalue weighted by Crippen LogP contribution is 2.40. The summed E-state index contributed by atoms with van der Waals surface area (Å²) in [7, 11) is 4.66. The molecule has 2 aliphatic rings. The van der Waals surface area contributed by atoms with Crippen molar-refractivity contribution < 1.29 is 14.2 Å². The fourth-order valence-corrected chi connectivity index (χ4v) is 4.20. The minimum atomic E-state index is -0.518. The Hall–Kier alpha value is -3.67. The number of nitrogens with zero attached hydrogens (tertiary/aromatic N) is 3. The van der Waals surface area contributed by atoms with Crippen molar-refractivity contribution in [3.63, 3.8) is 0 Å². The summed E-state index contributed by atoms with van der Waals surface area (Å²) in [5.41, 5.74) is 1.14. The number of rotatable bonds is 6. The Balaban J connectivity index is 1.76. The van der Waals surface area contributed by atoms with Crippen molar-refractivity contribution in [1.82, 2.24) is 9.88 Å². The van der Waals surface area contributed by atoms with Crippen molar-refractivity contribution in [2.24, 2.45) is 4.99 Å². The summed E-state index contributed by atoms with van der Waals surface area (Å²) in [5.74, 6) is 1.54. The van der Waals surface area contributed by atoms with E-state index in [1.54, 1.807) is 50.3 Å². The van der Waals surface area contributed by atoms with E-state index in [0.717, 1.165) is 30.9 Å². The smallest absolute Gasteiger partial charge is 0.270 e. The van der Waals surface area contributed by atoms with Gasteiger partial charge in [0, 0.05) is 35.3 Å². The monoisotopic (exact) mass is 423 g/mol. The molecule has 1 saturated carbocycles. The molecule has 1 aliphatic heterocycles. The molecule has 1 fully saturated rings. The molecule has 0 amide bonds. The molecule has 2 N–H and O–H groups in total. The topological polar surface area (TPSA) is 110 Å². The van der Waals surface area contributed by atoms with Gasteiger partial charge in [-0.25, -0.2) is 4.99 Å². The number of methoxy groups -OCH3 is 3. The number of nitriles is 1. The molecule has 0 saturated heterocycles. The first-order chi connectivity index (χ1) is 15.1. The minimum Gasteiger partial charge on any atom is -0.493 e. The number of fused-ring (bicyclic) bond motifs is 1. The van der Waals surface area contributed by atoms with Crippen LogP contribution in [0.1, 0.15) is 37.3 Å². The molecule has 2 heterocycles. The molecular weight excluding hydrogens is 398 g/mol. The predicted molar refractivity (Wildman–Crippen MR) is 115 cm³/mol. The number of hydrogen-bond donors (Lipinski definition) is 2. The molecule has 1 aromatic carbocycles. The van der Waals surface area contributed by atoms with Crippen LogP contribution in [0.2, 0.25) is 0 Å². The lowest BCUT2D eigenvalue weighted by atomic mass is 10.2. The third-order valence-electron chi connectivity index (χ3n) is 5.66. The summed E-state index contributed by atoms with van der Waals surface area (Å²) in [6, 6.07) is 7.25. The van der Waals surface area contributed by atoms with Gasteiger partial charge >= 0.3 is 0 Å². The van der Waals surface area contributed by atoms with E-state index in [1.807, 2.05) is 6.07 Å². The van der Waals surface area contributed by atoms with Gasteiger partial charge in [-0.2, -0.15) is 5.26 Å². The maximum atomic E-state index is 12.9. The molecule has 1 unspecified atom stereocenters. The number of ether oxygens (including phenoxy) is 3. The maximum absolute atomic E-state index is 12.9. The molecule has 1 aliphatic carbocycles. The van der Waals surface area contributed by atoms with E-state index in [9.17, 15) is 10.1 Å². The molecule has 31 heavy (non-hydrogen) atoms. The van der Waals surface area contributed by atoms with Crippen LogP contribution in [0.15, 0.2) is 28.0 Å². The number of aromatic nitrogens is 1. The van der Waals surface area contributed by atoms with Gasteiger partial charge in [0.1, 0.15) is 17.1 Å². The van der Waals surface area contributed by atoms with Crippen molar-refractivity contribution in [1.29, 1.82) is 5.26 Å². The zero-order valence-electron chi connectivity index (χ0n) is 17.8. The molecule has 0 radical (unpaired) electrons. The van der Waals surface area contributed by atoms with E-state index in [4.69, 9.17) is 19.2 Å². The van der Waals surface area contributed by atoms with Crippen molar-refractivity contribution in [2.45, 2.75) is 38.0 Å². The molecule has 2 aromatic rings. The van der Waals surface area contributed by atoms with Gasteiger partial charge in [-0.05, 0) is 18.9 Å². The van der Waals surface area contributed by atoms with Gasteiger partial charge in [0.15, 0.2) is 17.8 Å². The average Bonchev–Trinajstić information content (AvgIpc) is 3.32. The molecule has 1 aromatic heterocycles. The van der Waals surface area contributed by atoms with Crippen molar-refractivity contribution in [3.05, 3.63) is 44.8 Å². The first-order valence-electron chi connectivity index (χ1n) is 10.2. The lowest BCUT2D eigenvalue weighted by molar-refractivity contribution is 0.324. The Morgan fingerprint density at radius 1 is 1.13 bits per heavy atom. The van der Waals surface area contributed by atoms with Gasteiger partial charge in [0.2, 0.25) is 5.75 Å². The van der Waals surface area contributed by atoms with E-state index < -0.39 is 6.29 Å². The Labute approximate surface area is 179 Å². The third-order valence-corrected chi connectivity index (χ3v) is 5.66. The Morgan fingerprint density at radius 3 is 2.39 bits per heavy atom. The molecule has 162 valence electrons. The van der Waals surface area contributed by atoms with Crippen molar-refractivity contribution in [3.8, 4) is 23.3 Å². The summed E-state index contributed by atoms with van der Waals surface area (Å²) >= 11 is 0. The zero-order chi connectivity index (χ0) is 22.0. The van der Waals surface area contributed by atoms with Gasteiger partial charge in [-0.3, -0.25) is 9.36 Å². The first-order valence-corrected chi connectivity index (χ1v) is 10.2. The molecule has 0 bridgehead atoms. The summed E-state index contributed by atoms with van der Waals surface area (Å²) in [6.45, 7) is 0. The van der Waals surface area contributed by atoms with Crippen molar-refractivity contribution in [2.75, 3.05) is 26.6 Å². The number of nitrogens with one attached hydrogen (secondary N) is 2. The summed E-state index contributed by atoms with van der Waals surface area (Å²) < 4.78 is 17.9. The molecule has 4 rings (SSSR count). The highest BCUT2D eigenvalue weighted by atomic mass is 16.5. The number of anilines is 1. The van der Waals surface area contributed by atoms with Crippen LogP contribution in [0.5, 0.6) is 17.2 Å². The van der Waals surface area contributed by atoms with Gasteiger partial charge < -0.3 is 24.8 Å². The maximum Gasteiger partial charge on any atom is 0.270 e. The molecule has 1 atom stereocenters. The molecular formula is C22H25N5O4. The second kappa shape index (κ2) is 8.60. The fourth-order valence-electron chi connectivity index (χ4n) is 4.20. The van der Waals surface area contributed by atoms with E-state index in [2.05, 4.69) is 10.6 Å². The fraction of sp³-hybridized carbons (Fsp3) is 0.409. The van der Waals surface area contributed by atoms with Crippen LogP contribution in [0.3, 0.4) is 0 Å². The summed E-state index contributed by atoms with van der Waals surface area (Å²) in [4.78, 5) is 17.7. The van der Waals surface area contributed by atoms with Crippen LogP contribution in [-0.4, -0.2) is 32.2 Å². The number of pyridine rings is 1. The predicted octanol–water partition coefficient (Wildman–Crippen LogP) is 1.22. The highest BCUT2D eigenvalue weighted by molar-refractivity contribution is 5.63. The van der Waals surface area contributed by atoms with E-state index in [-0.39, 0.29) is 17.2 Å². The summed E-state index contributed by atoms with van der Waals surface area (Å²) in [6.07, 6.45) is 5.22. The van der Waals surface area contributed by atoms with Crippen LogP contribution >= 0.6 is 0 Å². The standard InChI is InChI=1S/C22H25N5O4/c1-29-17-9-15(10-18(30-2)19(17)31-3)25-22-24-12-14-8-13(11-23)21(28)27(20(14)26-22)16-6-4-5-7-16/h8-10,12,16,22,24-25H,4-7H2,1-3H3. The van der Waals surface area contributed by atoms with Gasteiger partial charge in [0.25, 0.3) is 5.56 Å². The van der Waals surface area contributed by atoms with Crippen LogP contribution in [0.25, 0.3) is 6.20 Å². The normalized spacial score (nSPS) is 17.4. The van der Waals surface area contributed by atoms with Gasteiger partial charge in [-0.15, -0.1) is 0 Å². The van der Waals surface area contributed by atoms with E-state index in [0.29, 0.717) is 28.4 Å². The lowest BCUT2D eigenvalue weighted by Gasteiger charge is -2.23. The third kappa shape index (κ3) is 3.77. The molecule has 9 heteroatoms. The SMILES string of the molecule is COc1cc(NC2N=c3c(cc(C#N)c(=O)n3C3CCCC3)=CN2)cc(OC)c1OC. The average molecular weight is 423 g/mol. The van der Waals surface area contributed by atoms with Crippen LogP contribution < -0.4 is 41.1 Å². The quantitative estimate of drug-likeness (QED) is 0.719. The Bertz CT molecular complexity index is 1180. The molecule has 0 spiro atoms. The second-order valence-corrected chi connectivity index (χ2v) is 7.46. The highest BCUT2D eigenvalue weighted by Gasteiger charge is 2.23. The van der Waals surface area contributed by atoms with Crippen LogP contribution in [0.4, 0.5) is 5.69 Å². The van der Waals surface area contributed by atoms with Gasteiger partial charge in [-0.1, -0.05) is 12.8 Å². The van der Waals surface area contributed by atoms with E-state index >= 15 is 0 Å². The molecule has 9 nitrogen and oxygen atoms in total. The Morgan fingerprint density at radius 2 is 1.81 bits per heavy atom. The van der Waals surface area contributed by atoms with Crippen molar-refractivity contribution >= 4 is 11.9 Å². The number of benzene rings is 1. The first kappa shape index (κ1) is 20.6. The number of hydrogen-bond acceptors (Lipinski definition) is 8. The zero-order valence-corrected chi connectivity index (χ0v) is 17.8. The summed E-state index contributed by atoms with van der Waals surface area (Å²) in [5, 5.41) is 16.6. The second-order valence-electron chi connectivity index (χ2n) is 7.46. The Kier molecular flexibility index (Phi) is 5.71. The van der Waals surface area contributed by atoms with E-state index in [1.165, 1.54) is 0 Å². The van der Waals surface area contributed by atoms with Gasteiger partial charge in [0.05, 0.1) is 21.3 Å². The van der Waals surface area contributed by atoms with Crippen LogP contribution in [-0.2, 0) is 0 Å². The minimum absolute atomic E-state index is 0.0617. The largest absolute Gasteiger partial charge is 0.493 e. The lowest BCUT2D eigenvalue weighted by Crippen LogP contribution is -2.52.